The average Bonchev–Trinajstić information content (AvgIpc) is 1.95. The summed E-state index contributed by atoms with van der Waals surface area (Å²) < 4.78 is 0. The quantitative estimate of drug-likeness (QED) is 0.314. The Hall–Kier alpha value is -0.650. The van der Waals surface area contributed by atoms with Crippen LogP contribution in [-0.4, -0.2) is 45.2 Å². The van der Waals surface area contributed by atoms with E-state index in [4.69, 9.17) is 15.3 Å². The van der Waals surface area contributed by atoms with E-state index in [1.165, 1.54) is 0 Å². The number of aliphatic hydroxyl groups excluding tert-OH is 1. The maximum atomic E-state index is 10.2. The summed E-state index contributed by atoms with van der Waals surface area (Å²) in [7, 11) is 0. The van der Waals surface area contributed by atoms with Crippen LogP contribution in [0.4, 0.5) is 0 Å². The number of hydrogen-bond acceptors (Lipinski definition) is 4. The number of piperidine rings is 1. The second kappa shape index (κ2) is 2.77. The molecule has 0 aromatic carbocycles. The van der Waals surface area contributed by atoms with Crippen molar-refractivity contribution in [3.8, 4) is 0 Å². The SMILES string of the molecule is O=CN1CCCC(O)C1(O)O. The van der Waals surface area contributed by atoms with E-state index in [-0.39, 0.29) is 6.54 Å². The van der Waals surface area contributed by atoms with E-state index in [1.807, 2.05) is 0 Å². The predicted molar refractivity (Wildman–Crippen MR) is 35.2 cm³/mol. The minimum absolute atomic E-state index is 0.271. The lowest BCUT2D eigenvalue weighted by atomic mass is 10.1. The lowest BCUT2D eigenvalue weighted by Crippen LogP contribution is -2.59. The molecule has 1 unspecified atom stereocenters. The van der Waals surface area contributed by atoms with Crippen LogP contribution in [0.3, 0.4) is 0 Å². The number of hydrogen-bond donors (Lipinski definition) is 3. The molecular formula is C6H11NO4. The van der Waals surface area contributed by atoms with Crippen LogP contribution in [0.5, 0.6) is 0 Å². The largest absolute Gasteiger partial charge is 0.385 e. The van der Waals surface area contributed by atoms with Crippen LogP contribution in [0.15, 0.2) is 0 Å². The van der Waals surface area contributed by atoms with E-state index in [9.17, 15) is 4.79 Å². The van der Waals surface area contributed by atoms with Gasteiger partial charge in [0.15, 0.2) is 0 Å². The van der Waals surface area contributed by atoms with Gasteiger partial charge < -0.3 is 15.3 Å². The highest BCUT2D eigenvalue weighted by Gasteiger charge is 2.41. The maximum absolute atomic E-state index is 10.2. The van der Waals surface area contributed by atoms with Gasteiger partial charge in [0.25, 0.3) is 5.91 Å². The smallest absolute Gasteiger partial charge is 0.276 e. The van der Waals surface area contributed by atoms with Gasteiger partial charge in [0.2, 0.25) is 6.41 Å². The number of nitrogens with zero attached hydrogens (tertiary/aromatic N) is 1. The number of likely N-dealkylation sites (tertiary alicyclic amines) is 1. The molecule has 1 amide bonds. The van der Waals surface area contributed by atoms with Gasteiger partial charge in [0.1, 0.15) is 6.10 Å². The first-order valence-electron chi connectivity index (χ1n) is 3.44. The summed E-state index contributed by atoms with van der Waals surface area (Å²) in [5, 5.41) is 27.2. The van der Waals surface area contributed by atoms with Crippen molar-refractivity contribution in [1.82, 2.24) is 4.90 Å². The molecule has 0 aliphatic carbocycles. The van der Waals surface area contributed by atoms with Crippen LogP contribution in [0.1, 0.15) is 12.8 Å². The molecule has 0 radical (unpaired) electrons. The zero-order chi connectivity index (χ0) is 8.48. The molecule has 1 aliphatic rings. The zero-order valence-corrected chi connectivity index (χ0v) is 5.97. The van der Waals surface area contributed by atoms with Crippen LogP contribution < -0.4 is 0 Å². The Balaban J connectivity index is 2.72. The fourth-order valence-corrected chi connectivity index (χ4v) is 1.13. The van der Waals surface area contributed by atoms with Crippen LogP contribution in [0.25, 0.3) is 0 Å². The van der Waals surface area contributed by atoms with Crippen LogP contribution in [0, 0.1) is 0 Å². The second-order valence-electron chi connectivity index (χ2n) is 2.64. The lowest BCUT2D eigenvalue weighted by Gasteiger charge is -2.39. The molecule has 0 spiro atoms. The van der Waals surface area contributed by atoms with Crippen molar-refractivity contribution in [2.75, 3.05) is 6.54 Å². The van der Waals surface area contributed by atoms with Gasteiger partial charge in [-0.3, -0.25) is 9.69 Å². The first kappa shape index (κ1) is 8.45. The third kappa shape index (κ3) is 1.35. The van der Waals surface area contributed by atoms with E-state index < -0.39 is 12.0 Å². The van der Waals surface area contributed by atoms with E-state index >= 15 is 0 Å². The van der Waals surface area contributed by atoms with Crippen LogP contribution in [-0.2, 0) is 4.79 Å². The van der Waals surface area contributed by atoms with Crippen molar-refractivity contribution in [2.45, 2.75) is 24.9 Å². The van der Waals surface area contributed by atoms with Crippen LogP contribution in [0.2, 0.25) is 0 Å². The molecule has 0 aromatic rings. The van der Waals surface area contributed by atoms with Gasteiger partial charge in [-0.1, -0.05) is 0 Å². The maximum Gasteiger partial charge on any atom is 0.276 e. The molecule has 11 heavy (non-hydrogen) atoms. The molecule has 5 heteroatoms. The Morgan fingerprint density at radius 1 is 1.55 bits per heavy atom. The molecule has 1 heterocycles. The Kier molecular flexibility index (Phi) is 2.12. The highest BCUT2D eigenvalue weighted by atomic mass is 16.6. The molecule has 1 atom stereocenters. The Morgan fingerprint density at radius 2 is 2.18 bits per heavy atom. The molecular weight excluding hydrogens is 150 g/mol. The topological polar surface area (TPSA) is 81.0 Å². The molecule has 0 aromatic heterocycles. The number of amides is 1. The number of carbonyl (C=O) groups is 1. The van der Waals surface area contributed by atoms with Gasteiger partial charge in [0.05, 0.1) is 0 Å². The van der Waals surface area contributed by atoms with E-state index in [0.29, 0.717) is 19.3 Å². The van der Waals surface area contributed by atoms with E-state index in [2.05, 4.69) is 0 Å². The van der Waals surface area contributed by atoms with Gasteiger partial charge >= 0.3 is 0 Å². The van der Waals surface area contributed by atoms with Gasteiger partial charge in [-0.2, -0.15) is 0 Å². The predicted octanol–water partition coefficient (Wildman–Crippen LogP) is -1.76. The van der Waals surface area contributed by atoms with Crippen molar-refractivity contribution in [3.05, 3.63) is 0 Å². The molecule has 1 aliphatic heterocycles. The minimum atomic E-state index is -2.38. The first-order chi connectivity index (χ1) is 5.09. The van der Waals surface area contributed by atoms with Crippen molar-refractivity contribution in [1.29, 1.82) is 0 Å². The summed E-state index contributed by atoms with van der Waals surface area (Å²) in [5.74, 6) is -2.38. The van der Waals surface area contributed by atoms with E-state index in [0.717, 1.165) is 4.90 Å². The Morgan fingerprint density at radius 3 is 2.64 bits per heavy atom. The molecule has 0 bridgehead atoms. The lowest BCUT2D eigenvalue weighted by molar-refractivity contribution is -0.310. The molecule has 1 fully saturated rings. The number of carbonyl (C=O) groups excluding carboxylic acids is 1. The number of aliphatic hydroxyl groups is 3. The van der Waals surface area contributed by atoms with Crippen molar-refractivity contribution in [3.63, 3.8) is 0 Å². The molecule has 1 saturated heterocycles. The fraction of sp³-hybridized carbons (Fsp3) is 0.833. The Labute approximate surface area is 63.9 Å². The number of rotatable bonds is 1. The van der Waals surface area contributed by atoms with Gasteiger partial charge in [0, 0.05) is 6.54 Å². The molecule has 5 nitrogen and oxygen atoms in total. The average molecular weight is 161 g/mol. The third-order valence-electron chi connectivity index (χ3n) is 1.87. The zero-order valence-electron chi connectivity index (χ0n) is 5.97. The molecule has 1 rings (SSSR count). The van der Waals surface area contributed by atoms with Crippen molar-refractivity contribution in [2.24, 2.45) is 0 Å². The minimum Gasteiger partial charge on any atom is -0.385 e. The normalized spacial score (nSPS) is 30.1. The highest BCUT2D eigenvalue weighted by Crippen LogP contribution is 2.21. The van der Waals surface area contributed by atoms with Gasteiger partial charge in [-0.05, 0) is 12.8 Å². The first-order valence-corrected chi connectivity index (χ1v) is 3.44. The summed E-state index contributed by atoms with van der Waals surface area (Å²) in [6.45, 7) is 0.271. The summed E-state index contributed by atoms with van der Waals surface area (Å²) in [5.41, 5.74) is 0. The monoisotopic (exact) mass is 161 g/mol. The molecule has 3 N–H and O–H groups in total. The third-order valence-corrected chi connectivity index (χ3v) is 1.87. The summed E-state index contributed by atoms with van der Waals surface area (Å²) in [4.78, 5) is 11.0. The summed E-state index contributed by atoms with van der Waals surface area (Å²) in [6, 6.07) is 0. The Bertz CT molecular complexity index is 159. The summed E-state index contributed by atoms with van der Waals surface area (Å²) >= 11 is 0. The van der Waals surface area contributed by atoms with Gasteiger partial charge in [-0.15, -0.1) is 0 Å². The van der Waals surface area contributed by atoms with Crippen molar-refractivity contribution >= 4 is 6.41 Å². The molecule has 64 valence electrons. The fourth-order valence-electron chi connectivity index (χ4n) is 1.13. The van der Waals surface area contributed by atoms with E-state index in [1.54, 1.807) is 0 Å². The highest BCUT2D eigenvalue weighted by molar-refractivity contribution is 5.48. The molecule has 0 saturated carbocycles. The second-order valence-corrected chi connectivity index (χ2v) is 2.64. The van der Waals surface area contributed by atoms with Gasteiger partial charge in [-0.25, -0.2) is 0 Å². The summed E-state index contributed by atoms with van der Waals surface area (Å²) in [6.07, 6.45) is -0.0517. The van der Waals surface area contributed by atoms with Crippen molar-refractivity contribution < 1.29 is 20.1 Å². The standard InChI is InChI=1S/C6H11NO4/c8-4-7-3-1-2-5(9)6(7,10)11/h4-5,9-11H,1-3H2. The van der Waals surface area contributed by atoms with Crippen LogP contribution >= 0.6 is 0 Å².